The summed E-state index contributed by atoms with van der Waals surface area (Å²) >= 11 is 0. The van der Waals surface area contributed by atoms with Gasteiger partial charge < -0.3 is 9.80 Å². The Hall–Kier alpha value is -1.70. The van der Waals surface area contributed by atoms with Crippen molar-refractivity contribution in [3.63, 3.8) is 0 Å². The van der Waals surface area contributed by atoms with Crippen molar-refractivity contribution in [3.8, 4) is 0 Å². The van der Waals surface area contributed by atoms with E-state index in [4.69, 9.17) is 0 Å². The summed E-state index contributed by atoms with van der Waals surface area (Å²) in [7, 11) is 8.34. The number of nitrogens with zero attached hydrogens (tertiary/aromatic N) is 2. The van der Waals surface area contributed by atoms with Gasteiger partial charge in [0.1, 0.15) is 0 Å². The highest BCUT2D eigenvalue weighted by atomic mass is 15.1. The van der Waals surface area contributed by atoms with Crippen LogP contribution >= 0.6 is 0 Å². The molecule has 1 aliphatic carbocycles. The summed E-state index contributed by atoms with van der Waals surface area (Å²) in [6.45, 7) is 0. The lowest BCUT2D eigenvalue weighted by Gasteiger charge is -2.21. The van der Waals surface area contributed by atoms with Crippen LogP contribution in [0.3, 0.4) is 0 Å². The van der Waals surface area contributed by atoms with Gasteiger partial charge in [-0.1, -0.05) is 24.3 Å². The zero-order chi connectivity index (χ0) is 13.8. The molecule has 0 heterocycles. The third-order valence-electron chi connectivity index (χ3n) is 3.64. The van der Waals surface area contributed by atoms with Crippen LogP contribution in [0.15, 0.2) is 48.2 Å². The number of hydrogen-bond donors (Lipinski definition) is 0. The molecule has 19 heavy (non-hydrogen) atoms. The van der Waals surface area contributed by atoms with Gasteiger partial charge in [0.2, 0.25) is 0 Å². The average Bonchev–Trinajstić information content (AvgIpc) is 2.40. The summed E-state index contributed by atoms with van der Waals surface area (Å²) < 4.78 is 0. The first-order valence-electron chi connectivity index (χ1n) is 6.88. The summed E-state index contributed by atoms with van der Waals surface area (Å²) in [6, 6.07) is 8.88. The second-order valence-corrected chi connectivity index (χ2v) is 5.64. The lowest BCUT2D eigenvalue weighted by Crippen LogP contribution is -2.13. The number of anilines is 1. The molecule has 0 saturated carbocycles. The van der Waals surface area contributed by atoms with Crippen LogP contribution < -0.4 is 4.90 Å². The van der Waals surface area contributed by atoms with E-state index in [1.165, 1.54) is 16.9 Å². The standard InChI is InChI=1S/C17H24N2/c1-18(2)16-9-5-14(6-10-16)13-15-7-11-17(12-8-15)19(3)4/h5-7,9-12,15H,8,13H2,1-4H3. The van der Waals surface area contributed by atoms with Crippen molar-refractivity contribution >= 4 is 5.69 Å². The maximum atomic E-state index is 2.34. The minimum Gasteiger partial charge on any atom is -0.378 e. The Bertz CT molecular complexity index is 467. The molecular formula is C17H24N2. The molecule has 0 fully saturated rings. The molecule has 0 amide bonds. The first-order valence-corrected chi connectivity index (χ1v) is 6.88. The molecule has 2 nitrogen and oxygen atoms in total. The van der Waals surface area contributed by atoms with Crippen molar-refractivity contribution in [2.24, 2.45) is 5.92 Å². The molecule has 2 rings (SSSR count). The van der Waals surface area contributed by atoms with Gasteiger partial charge in [0.25, 0.3) is 0 Å². The maximum Gasteiger partial charge on any atom is 0.0361 e. The highest BCUT2D eigenvalue weighted by Crippen LogP contribution is 2.22. The van der Waals surface area contributed by atoms with Gasteiger partial charge in [-0.15, -0.1) is 0 Å². The van der Waals surface area contributed by atoms with E-state index in [9.17, 15) is 0 Å². The van der Waals surface area contributed by atoms with Crippen LogP contribution in [0.25, 0.3) is 0 Å². The zero-order valence-corrected chi connectivity index (χ0v) is 12.4. The summed E-state index contributed by atoms with van der Waals surface area (Å²) in [4.78, 5) is 4.30. The minimum atomic E-state index is 0.633. The second-order valence-electron chi connectivity index (χ2n) is 5.64. The molecule has 1 unspecified atom stereocenters. The Morgan fingerprint density at radius 2 is 1.68 bits per heavy atom. The fourth-order valence-corrected chi connectivity index (χ4v) is 2.37. The third-order valence-corrected chi connectivity index (χ3v) is 3.64. The van der Waals surface area contributed by atoms with E-state index in [0.717, 1.165) is 12.8 Å². The average molecular weight is 256 g/mol. The van der Waals surface area contributed by atoms with Gasteiger partial charge >= 0.3 is 0 Å². The van der Waals surface area contributed by atoms with Gasteiger partial charge in [0.15, 0.2) is 0 Å². The normalized spacial score (nSPS) is 18.1. The number of likely N-dealkylation sites (N-methyl/N-ethyl adjacent to an activating group) is 1. The summed E-state index contributed by atoms with van der Waals surface area (Å²) in [6.07, 6.45) is 9.18. The van der Waals surface area contributed by atoms with Gasteiger partial charge in [-0.25, -0.2) is 0 Å². The fourth-order valence-electron chi connectivity index (χ4n) is 2.37. The monoisotopic (exact) mass is 256 g/mol. The van der Waals surface area contributed by atoms with Crippen LogP contribution in [0.2, 0.25) is 0 Å². The molecule has 1 aliphatic rings. The van der Waals surface area contributed by atoms with Crippen molar-refractivity contribution < 1.29 is 0 Å². The zero-order valence-electron chi connectivity index (χ0n) is 12.4. The highest BCUT2D eigenvalue weighted by Gasteiger charge is 2.10. The van der Waals surface area contributed by atoms with Crippen molar-refractivity contribution in [1.82, 2.24) is 4.90 Å². The first-order chi connectivity index (χ1) is 9.06. The van der Waals surface area contributed by atoms with E-state index >= 15 is 0 Å². The van der Waals surface area contributed by atoms with Gasteiger partial charge in [-0.3, -0.25) is 0 Å². The van der Waals surface area contributed by atoms with Gasteiger partial charge in [0, 0.05) is 39.6 Å². The maximum absolute atomic E-state index is 2.34. The van der Waals surface area contributed by atoms with Crippen LogP contribution in [0.5, 0.6) is 0 Å². The lowest BCUT2D eigenvalue weighted by atomic mass is 9.92. The van der Waals surface area contributed by atoms with Crippen molar-refractivity contribution in [1.29, 1.82) is 0 Å². The van der Waals surface area contributed by atoms with Crippen LogP contribution in [-0.2, 0) is 6.42 Å². The number of hydrogen-bond acceptors (Lipinski definition) is 2. The molecule has 0 radical (unpaired) electrons. The number of allylic oxidation sites excluding steroid dienone is 3. The molecule has 102 valence electrons. The summed E-state index contributed by atoms with van der Waals surface area (Å²) in [5.74, 6) is 0.633. The van der Waals surface area contributed by atoms with E-state index < -0.39 is 0 Å². The molecule has 0 bridgehead atoms. The molecule has 0 saturated heterocycles. The van der Waals surface area contributed by atoms with Crippen molar-refractivity contribution in [3.05, 3.63) is 53.8 Å². The summed E-state index contributed by atoms with van der Waals surface area (Å²) in [5, 5.41) is 0. The third kappa shape index (κ3) is 3.63. The summed E-state index contributed by atoms with van der Waals surface area (Å²) in [5.41, 5.74) is 4.00. The minimum absolute atomic E-state index is 0.633. The van der Waals surface area contributed by atoms with Crippen LogP contribution in [0, 0.1) is 5.92 Å². The molecule has 2 heteroatoms. The molecular weight excluding hydrogens is 232 g/mol. The largest absolute Gasteiger partial charge is 0.378 e. The lowest BCUT2D eigenvalue weighted by molar-refractivity contribution is 0.512. The molecule has 0 N–H and O–H groups in total. The first kappa shape index (κ1) is 13.7. The molecule has 0 spiro atoms. The van der Waals surface area contributed by atoms with Gasteiger partial charge in [-0.05, 0) is 42.5 Å². The fraction of sp³-hybridized carbons (Fsp3) is 0.412. The van der Waals surface area contributed by atoms with E-state index in [2.05, 4.69) is 80.5 Å². The van der Waals surface area contributed by atoms with Crippen molar-refractivity contribution in [2.45, 2.75) is 12.8 Å². The van der Waals surface area contributed by atoms with Gasteiger partial charge in [0.05, 0.1) is 0 Å². The molecule has 1 aromatic rings. The predicted octanol–water partition coefficient (Wildman–Crippen LogP) is 3.32. The number of benzene rings is 1. The SMILES string of the molecule is CN(C)C1=CCC(Cc2ccc(N(C)C)cc2)C=C1. The molecule has 0 aliphatic heterocycles. The predicted molar refractivity (Wildman–Crippen MR) is 83.5 cm³/mol. The smallest absolute Gasteiger partial charge is 0.0361 e. The highest BCUT2D eigenvalue weighted by molar-refractivity contribution is 5.46. The molecule has 1 aromatic carbocycles. The van der Waals surface area contributed by atoms with Crippen molar-refractivity contribution in [2.75, 3.05) is 33.1 Å². The Morgan fingerprint density at radius 1 is 1.00 bits per heavy atom. The Morgan fingerprint density at radius 3 is 2.16 bits per heavy atom. The van der Waals surface area contributed by atoms with E-state index in [1.54, 1.807) is 0 Å². The number of rotatable bonds is 4. The van der Waals surface area contributed by atoms with E-state index in [1.807, 2.05) is 0 Å². The van der Waals surface area contributed by atoms with E-state index in [-0.39, 0.29) is 0 Å². The van der Waals surface area contributed by atoms with E-state index in [0.29, 0.717) is 5.92 Å². The van der Waals surface area contributed by atoms with Crippen LogP contribution in [-0.4, -0.2) is 33.1 Å². The molecule has 1 atom stereocenters. The Labute approximate surface area is 117 Å². The molecule has 0 aromatic heterocycles. The quantitative estimate of drug-likeness (QED) is 0.815. The van der Waals surface area contributed by atoms with Crippen LogP contribution in [0.4, 0.5) is 5.69 Å². The second kappa shape index (κ2) is 5.96. The topological polar surface area (TPSA) is 6.48 Å². The Kier molecular flexibility index (Phi) is 4.31. The Balaban J connectivity index is 1.95. The van der Waals surface area contributed by atoms with Gasteiger partial charge in [-0.2, -0.15) is 0 Å². The van der Waals surface area contributed by atoms with Crippen LogP contribution in [0.1, 0.15) is 12.0 Å².